The molecule has 0 atom stereocenters. The zero-order valence-corrected chi connectivity index (χ0v) is 31.9. The van der Waals surface area contributed by atoms with Crippen LogP contribution >= 0.6 is 0 Å². The fourth-order valence-electron chi connectivity index (χ4n) is 9.68. The average Bonchev–Trinajstić information content (AvgIpc) is 3.55. The van der Waals surface area contributed by atoms with Gasteiger partial charge in [-0.25, -0.2) is 0 Å². The van der Waals surface area contributed by atoms with Crippen molar-refractivity contribution in [1.29, 1.82) is 0 Å². The SMILES string of the molecule is c1cncc(-c2ccc(-c3ccc4c(c3)C3(c5cc(-c6ccc(-c7cccnc7)nc6)ccc5-c5ccccc5-4)c4ccccc4-c4cc5ccccc5cc43)cn2)c1. The van der Waals surface area contributed by atoms with E-state index < -0.39 is 5.41 Å². The summed E-state index contributed by atoms with van der Waals surface area (Å²) in [5, 5.41) is 2.46. The molecule has 0 amide bonds. The van der Waals surface area contributed by atoms with E-state index >= 15 is 0 Å². The first-order valence-corrected chi connectivity index (χ1v) is 20.0. The predicted octanol–water partition coefficient (Wildman–Crippen LogP) is 13.1. The van der Waals surface area contributed by atoms with Gasteiger partial charge in [0.15, 0.2) is 0 Å². The standard InChI is InChI=1S/C55H34N4/c1-2-10-36-28-52-48(27-35(36)9-1)45-15-5-6-16-49(45)55(52)50-29-37(39-19-23-53(58-33-39)41-11-7-25-56-31-41)17-21-46(50)43-13-3-4-14-44(43)47-22-18-38(30-51(47)55)40-20-24-54(59-34-40)42-12-8-26-57-32-42/h1-34H. The second-order valence-electron chi connectivity index (χ2n) is 15.5. The Morgan fingerprint density at radius 2 is 0.763 bits per heavy atom. The molecule has 0 radical (unpaired) electrons. The zero-order chi connectivity index (χ0) is 38.9. The van der Waals surface area contributed by atoms with E-state index in [1.165, 1.54) is 66.4 Å². The molecule has 0 unspecified atom stereocenters. The summed E-state index contributed by atoms with van der Waals surface area (Å²) in [6.07, 6.45) is 11.3. The molecule has 10 aromatic rings. The van der Waals surface area contributed by atoms with Gasteiger partial charge in [0.2, 0.25) is 0 Å². The summed E-state index contributed by atoms with van der Waals surface area (Å²) in [6, 6.07) is 62.3. The van der Waals surface area contributed by atoms with Crippen LogP contribution in [0.4, 0.5) is 0 Å². The largest absolute Gasteiger partial charge is 0.264 e. The van der Waals surface area contributed by atoms with E-state index in [0.717, 1.165) is 44.8 Å². The predicted molar refractivity (Wildman–Crippen MR) is 239 cm³/mol. The first-order chi connectivity index (χ1) is 29.2. The van der Waals surface area contributed by atoms with Gasteiger partial charge < -0.3 is 0 Å². The molecule has 4 heterocycles. The lowest BCUT2D eigenvalue weighted by molar-refractivity contribution is 0.777. The van der Waals surface area contributed by atoms with E-state index in [1.807, 2.05) is 49.1 Å². The van der Waals surface area contributed by atoms with Crippen molar-refractivity contribution in [1.82, 2.24) is 19.9 Å². The maximum Gasteiger partial charge on any atom is 0.0726 e. The van der Waals surface area contributed by atoms with Crippen LogP contribution in [0.2, 0.25) is 0 Å². The van der Waals surface area contributed by atoms with Gasteiger partial charge >= 0.3 is 0 Å². The number of nitrogens with zero attached hydrogens (tertiary/aromatic N) is 4. The van der Waals surface area contributed by atoms with Crippen LogP contribution in [-0.4, -0.2) is 19.9 Å². The number of hydrogen-bond donors (Lipinski definition) is 0. The van der Waals surface area contributed by atoms with E-state index in [9.17, 15) is 0 Å². The van der Waals surface area contributed by atoms with Gasteiger partial charge in [0, 0.05) is 59.4 Å². The Morgan fingerprint density at radius 3 is 1.29 bits per heavy atom. The van der Waals surface area contributed by atoms with Crippen LogP contribution in [0.25, 0.3) is 88.9 Å². The molecule has 274 valence electrons. The third-order valence-corrected chi connectivity index (χ3v) is 12.4. The van der Waals surface area contributed by atoms with E-state index in [0.29, 0.717) is 0 Å². The normalized spacial score (nSPS) is 12.9. The molecule has 12 rings (SSSR count). The quantitative estimate of drug-likeness (QED) is 0.180. The van der Waals surface area contributed by atoms with Crippen molar-refractivity contribution in [2.24, 2.45) is 0 Å². The van der Waals surface area contributed by atoms with Gasteiger partial charge in [0.25, 0.3) is 0 Å². The molecule has 59 heavy (non-hydrogen) atoms. The molecule has 0 fully saturated rings. The van der Waals surface area contributed by atoms with Crippen molar-refractivity contribution in [2.75, 3.05) is 0 Å². The Labute approximate surface area is 342 Å². The fraction of sp³-hybridized carbons (Fsp3) is 0.0182. The average molecular weight is 751 g/mol. The smallest absolute Gasteiger partial charge is 0.0726 e. The lowest BCUT2D eigenvalue weighted by Gasteiger charge is -2.36. The third kappa shape index (κ3) is 5.10. The van der Waals surface area contributed by atoms with E-state index in [1.54, 1.807) is 12.4 Å². The van der Waals surface area contributed by atoms with Crippen LogP contribution in [0.3, 0.4) is 0 Å². The minimum atomic E-state index is -0.669. The molecule has 2 aliphatic carbocycles. The molecular formula is C55H34N4. The van der Waals surface area contributed by atoms with Crippen LogP contribution in [-0.2, 0) is 5.41 Å². The lowest BCUT2D eigenvalue weighted by atomic mass is 9.65. The molecule has 0 saturated heterocycles. The van der Waals surface area contributed by atoms with Gasteiger partial charge in [-0.15, -0.1) is 0 Å². The number of fused-ring (bicyclic) bond motifs is 13. The molecule has 2 aliphatic rings. The number of aromatic nitrogens is 4. The molecule has 0 saturated carbocycles. The second kappa shape index (κ2) is 13.1. The number of hydrogen-bond acceptors (Lipinski definition) is 4. The topological polar surface area (TPSA) is 51.6 Å². The molecule has 0 bridgehead atoms. The summed E-state index contributed by atoms with van der Waals surface area (Å²) < 4.78 is 0. The van der Waals surface area contributed by atoms with Crippen molar-refractivity contribution < 1.29 is 0 Å². The highest BCUT2D eigenvalue weighted by Crippen LogP contribution is 2.62. The summed E-state index contributed by atoms with van der Waals surface area (Å²) in [4.78, 5) is 18.5. The van der Waals surface area contributed by atoms with Crippen LogP contribution < -0.4 is 0 Å². The van der Waals surface area contributed by atoms with Crippen LogP contribution in [0, 0.1) is 0 Å². The Kier molecular flexibility index (Phi) is 7.41. The summed E-state index contributed by atoms with van der Waals surface area (Å²) in [5.41, 5.74) is 20.0. The molecule has 0 aliphatic heterocycles. The highest BCUT2D eigenvalue weighted by Gasteiger charge is 2.50. The van der Waals surface area contributed by atoms with Crippen LogP contribution in [0.15, 0.2) is 207 Å². The van der Waals surface area contributed by atoms with Crippen molar-refractivity contribution in [3.05, 3.63) is 229 Å². The third-order valence-electron chi connectivity index (χ3n) is 12.4. The maximum atomic E-state index is 4.94. The zero-order valence-electron chi connectivity index (χ0n) is 31.9. The van der Waals surface area contributed by atoms with Gasteiger partial charge in [0.05, 0.1) is 16.8 Å². The molecule has 4 nitrogen and oxygen atoms in total. The molecule has 6 aromatic carbocycles. The van der Waals surface area contributed by atoms with Gasteiger partial charge in [-0.3, -0.25) is 19.9 Å². The Morgan fingerprint density at radius 1 is 0.288 bits per heavy atom. The maximum absolute atomic E-state index is 4.94. The highest BCUT2D eigenvalue weighted by atomic mass is 14.7. The van der Waals surface area contributed by atoms with Crippen molar-refractivity contribution in [2.45, 2.75) is 5.41 Å². The van der Waals surface area contributed by atoms with Gasteiger partial charge in [-0.1, -0.05) is 109 Å². The minimum absolute atomic E-state index is 0.669. The molecule has 1 spiro atoms. The van der Waals surface area contributed by atoms with E-state index in [2.05, 4.69) is 156 Å². The summed E-state index contributed by atoms with van der Waals surface area (Å²) >= 11 is 0. The monoisotopic (exact) mass is 750 g/mol. The van der Waals surface area contributed by atoms with Crippen LogP contribution in [0.5, 0.6) is 0 Å². The summed E-state index contributed by atoms with van der Waals surface area (Å²) in [5.74, 6) is 0. The summed E-state index contributed by atoms with van der Waals surface area (Å²) in [6.45, 7) is 0. The number of rotatable bonds is 4. The number of pyridine rings is 4. The Hall–Kier alpha value is -7.82. The second-order valence-corrected chi connectivity index (χ2v) is 15.5. The number of benzene rings is 6. The Bertz CT molecular complexity index is 3090. The molecule has 4 aromatic heterocycles. The molecular weight excluding hydrogens is 717 g/mol. The summed E-state index contributed by atoms with van der Waals surface area (Å²) in [7, 11) is 0. The van der Waals surface area contributed by atoms with Crippen molar-refractivity contribution >= 4 is 10.8 Å². The van der Waals surface area contributed by atoms with Crippen LogP contribution in [0.1, 0.15) is 22.3 Å². The first-order valence-electron chi connectivity index (χ1n) is 20.0. The minimum Gasteiger partial charge on any atom is -0.264 e. The lowest BCUT2D eigenvalue weighted by Crippen LogP contribution is -2.29. The molecule has 0 N–H and O–H groups in total. The van der Waals surface area contributed by atoms with Gasteiger partial charge in [-0.05, 0) is 138 Å². The fourth-order valence-corrected chi connectivity index (χ4v) is 9.68. The van der Waals surface area contributed by atoms with E-state index in [4.69, 9.17) is 9.97 Å². The van der Waals surface area contributed by atoms with E-state index in [-0.39, 0.29) is 0 Å². The Balaban J connectivity index is 1.16. The van der Waals surface area contributed by atoms with Crippen molar-refractivity contribution in [3.8, 4) is 78.1 Å². The van der Waals surface area contributed by atoms with Gasteiger partial charge in [-0.2, -0.15) is 0 Å². The first kappa shape index (κ1) is 33.3. The highest BCUT2D eigenvalue weighted by molar-refractivity contribution is 6.01. The van der Waals surface area contributed by atoms with Crippen molar-refractivity contribution in [3.63, 3.8) is 0 Å². The molecule has 4 heteroatoms. The van der Waals surface area contributed by atoms with Gasteiger partial charge in [0.1, 0.15) is 0 Å².